The van der Waals surface area contributed by atoms with E-state index in [1.54, 1.807) is 12.1 Å². The third kappa shape index (κ3) is 0.865. The smallest absolute Gasteiger partial charge is 0.254 e. The van der Waals surface area contributed by atoms with Crippen LogP contribution in [0.4, 0.5) is 5.69 Å². The van der Waals surface area contributed by atoms with Crippen molar-refractivity contribution >= 4 is 23.2 Å². The third-order valence-corrected chi connectivity index (χ3v) is 2.29. The van der Waals surface area contributed by atoms with Gasteiger partial charge in [0, 0.05) is 22.8 Å². The third-order valence-electron chi connectivity index (χ3n) is 1.94. The summed E-state index contributed by atoms with van der Waals surface area (Å²) in [5, 5.41) is 3.26. The van der Waals surface area contributed by atoms with E-state index >= 15 is 0 Å². The van der Waals surface area contributed by atoms with Crippen molar-refractivity contribution in [1.82, 2.24) is 5.32 Å². The number of hydrogen-bond acceptors (Lipinski definition) is 2. The van der Waals surface area contributed by atoms with Gasteiger partial charge in [0.1, 0.15) is 0 Å². The Hall–Kier alpha value is -1.22. The molecule has 12 heavy (non-hydrogen) atoms. The fourth-order valence-electron chi connectivity index (χ4n) is 1.34. The average molecular weight is 183 g/mol. The van der Waals surface area contributed by atoms with E-state index < -0.39 is 0 Å². The molecule has 0 radical (unpaired) electrons. The Labute approximate surface area is 74.5 Å². The first-order valence-corrected chi connectivity index (χ1v) is 3.93. The molecule has 1 aromatic rings. The number of benzene rings is 1. The first-order chi connectivity index (χ1) is 5.70. The van der Waals surface area contributed by atoms with Crippen LogP contribution in [-0.4, -0.2) is 5.91 Å². The van der Waals surface area contributed by atoms with Gasteiger partial charge in [0.25, 0.3) is 5.91 Å². The maximum Gasteiger partial charge on any atom is 0.254 e. The van der Waals surface area contributed by atoms with Crippen molar-refractivity contribution in [2.45, 2.75) is 6.54 Å². The molecule has 0 bridgehead atoms. The number of rotatable bonds is 0. The van der Waals surface area contributed by atoms with Gasteiger partial charge in [0.05, 0.1) is 5.56 Å². The average Bonchev–Trinajstić information content (AvgIpc) is 2.42. The van der Waals surface area contributed by atoms with Gasteiger partial charge in [-0.1, -0.05) is 11.6 Å². The van der Waals surface area contributed by atoms with Crippen LogP contribution in [0.25, 0.3) is 0 Å². The fraction of sp³-hybridized carbons (Fsp3) is 0.125. The molecule has 0 unspecified atom stereocenters. The van der Waals surface area contributed by atoms with Gasteiger partial charge in [0.15, 0.2) is 0 Å². The molecule has 1 amide bonds. The molecular weight excluding hydrogens is 176 g/mol. The van der Waals surface area contributed by atoms with Crippen LogP contribution < -0.4 is 11.1 Å². The summed E-state index contributed by atoms with van der Waals surface area (Å²) in [6.07, 6.45) is 0. The number of nitrogens with one attached hydrogen (secondary N) is 1. The van der Waals surface area contributed by atoms with Crippen LogP contribution in [0.3, 0.4) is 0 Å². The van der Waals surface area contributed by atoms with E-state index in [9.17, 15) is 4.79 Å². The van der Waals surface area contributed by atoms with E-state index in [-0.39, 0.29) is 5.91 Å². The molecule has 0 saturated heterocycles. The van der Waals surface area contributed by atoms with Crippen molar-refractivity contribution in [3.8, 4) is 0 Å². The molecule has 0 spiro atoms. The van der Waals surface area contributed by atoms with Gasteiger partial charge < -0.3 is 11.1 Å². The minimum atomic E-state index is -0.134. The predicted octanol–water partition coefficient (Wildman–Crippen LogP) is 1.17. The number of hydrogen-bond donors (Lipinski definition) is 2. The van der Waals surface area contributed by atoms with Crippen molar-refractivity contribution in [3.63, 3.8) is 0 Å². The van der Waals surface area contributed by atoms with Crippen LogP contribution in [0.2, 0.25) is 5.02 Å². The summed E-state index contributed by atoms with van der Waals surface area (Å²) in [5.41, 5.74) is 7.44. The molecule has 0 fully saturated rings. The van der Waals surface area contributed by atoms with E-state index in [1.807, 2.05) is 0 Å². The molecule has 0 aromatic heterocycles. The van der Waals surface area contributed by atoms with E-state index in [0.29, 0.717) is 22.8 Å². The molecule has 1 heterocycles. The SMILES string of the molecule is Nc1ccc(Cl)c2c1C(=O)NC2. The number of fused-ring (bicyclic) bond motifs is 1. The second-order valence-corrected chi connectivity index (χ2v) is 3.08. The van der Waals surface area contributed by atoms with Gasteiger partial charge in [-0.05, 0) is 12.1 Å². The van der Waals surface area contributed by atoms with Crippen LogP contribution in [0.5, 0.6) is 0 Å². The molecule has 1 aliphatic heterocycles. The molecule has 62 valence electrons. The lowest BCUT2D eigenvalue weighted by molar-refractivity contribution is 0.0966. The minimum Gasteiger partial charge on any atom is -0.398 e. The summed E-state index contributed by atoms with van der Waals surface area (Å²) < 4.78 is 0. The number of nitrogen functional groups attached to an aromatic ring is 1. The largest absolute Gasteiger partial charge is 0.398 e. The van der Waals surface area contributed by atoms with Gasteiger partial charge in [-0.15, -0.1) is 0 Å². The lowest BCUT2D eigenvalue weighted by Gasteiger charge is -2.01. The fourth-order valence-corrected chi connectivity index (χ4v) is 1.56. The van der Waals surface area contributed by atoms with Crippen molar-refractivity contribution < 1.29 is 4.79 Å². The van der Waals surface area contributed by atoms with Crippen LogP contribution in [0.15, 0.2) is 12.1 Å². The highest BCUT2D eigenvalue weighted by atomic mass is 35.5. The molecule has 0 aliphatic carbocycles. The van der Waals surface area contributed by atoms with Crippen molar-refractivity contribution in [1.29, 1.82) is 0 Å². The van der Waals surface area contributed by atoms with E-state index in [4.69, 9.17) is 17.3 Å². The minimum absolute atomic E-state index is 0.134. The molecule has 0 saturated carbocycles. The number of halogens is 1. The zero-order chi connectivity index (χ0) is 8.72. The number of carbonyl (C=O) groups excluding carboxylic acids is 1. The zero-order valence-corrected chi connectivity index (χ0v) is 6.98. The van der Waals surface area contributed by atoms with Gasteiger partial charge in [-0.25, -0.2) is 0 Å². The molecule has 0 atom stereocenters. The van der Waals surface area contributed by atoms with Crippen molar-refractivity contribution in [2.24, 2.45) is 0 Å². The van der Waals surface area contributed by atoms with Crippen LogP contribution >= 0.6 is 11.6 Å². The molecule has 1 aliphatic rings. The normalized spacial score (nSPS) is 14.2. The second kappa shape index (κ2) is 2.38. The maximum absolute atomic E-state index is 11.2. The van der Waals surface area contributed by atoms with Gasteiger partial charge >= 0.3 is 0 Å². The van der Waals surface area contributed by atoms with E-state index in [1.165, 1.54) is 0 Å². The van der Waals surface area contributed by atoms with Crippen LogP contribution in [0, 0.1) is 0 Å². The molecule has 1 aromatic carbocycles. The molecule has 3 nitrogen and oxygen atoms in total. The van der Waals surface area contributed by atoms with Gasteiger partial charge in [0.2, 0.25) is 0 Å². The number of amides is 1. The van der Waals surface area contributed by atoms with E-state index in [0.717, 1.165) is 5.56 Å². The number of carbonyl (C=O) groups is 1. The Balaban J connectivity index is 2.72. The van der Waals surface area contributed by atoms with Crippen molar-refractivity contribution in [2.75, 3.05) is 5.73 Å². The summed E-state index contributed by atoms with van der Waals surface area (Å²) in [6.45, 7) is 0.484. The zero-order valence-electron chi connectivity index (χ0n) is 6.23. The Morgan fingerprint density at radius 2 is 2.25 bits per heavy atom. The highest BCUT2D eigenvalue weighted by Crippen LogP contribution is 2.28. The van der Waals surface area contributed by atoms with Crippen LogP contribution in [0.1, 0.15) is 15.9 Å². The van der Waals surface area contributed by atoms with Gasteiger partial charge in [-0.2, -0.15) is 0 Å². The number of anilines is 1. The van der Waals surface area contributed by atoms with Crippen LogP contribution in [-0.2, 0) is 6.54 Å². The molecule has 2 rings (SSSR count). The van der Waals surface area contributed by atoms with E-state index in [2.05, 4.69) is 5.32 Å². The topological polar surface area (TPSA) is 55.1 Å². The lowest BCUT2D eigenvalue weighted by atomic mass is 10.1. The van der Waals surface area contributed by atoms with Crippen molar-refractivity contribution in [3.05, 3.63) is 28.3 Å². The summed E-state index contributed by atoms with van der Waals surface area (Å²) in [7, 11) is 0. The summed E-state index contributed by atoms with van der Waals surface area (Å²) in [4.78, 5) is 11.2. The van der Waals surface area contributed by atoms with Gasteiger partial charge in [-0.3, -0.25) is 4.79 Å². The first kappa shape index (κ1) is 7.43. The molecular formula is C8H7ClN2O. The Kier molecular flexibility index (Phi) is 1.48. The molecule has 3 N–H and O–H groups in total. The molecule has 4 heteroatoms. The number of nitrogens with two attached hydrogens (primary N) is 1. The second-order valence-electron chi connectivity index (χ2n) is 2.67. The summed E-state index contributed by atoms with van der Waals surface area (Å²) >= 11 is 5.86. The standard InChI is InChI=1S/C8H7ClN2O/c9-5-1-2-6(10)7-4(5)3-11-8(7)12/h1-2H,3,10H2,(H,11,12). The predicted molar refractivity (Wildman–Crippen MR) is 47.0 cm³/mol. The Bertz CT molecular complexity index is 362. The Morgan fingerprint density at radius 3 is 2.92 bits per heavy atom. The lowest BCUT2D eigenvalue weighted by Crippen LogP contribution is -2.13. The highest BCUT2D eigenvalue weighted by molar-refractivity contribution is 6.32. The maximum atomic E-state index is 11.2. The Morgan fingerprint density at radius 1 is 1.50 bits per heavy atom. The quantitative estimate of drug-likeness (QED) is 0.592. The highest BCUT2D eigenvalue weighted by Gasteiger charge is 2.23. The summed E-state index contributed by atoms with van der Waals surface area (Å²) in [5.74, 6) is -0.134. The monoisotopic (exact) mass is 182 g/mol. The first-order valence-electron chi connectivity index (χ1n) is 3.55. The summed E-state index contributed by atoms with van der Waals surface area (Å²) in [6, 6.07) is 3.35.